The van der Waals surface area contributed by atoms with Gasteiger partial charge in [0.2, 0.25) is 5.91 Å². The van der Waals surface area contributed by atoms with Crippen molar-refractivity contribution in [2.45, 2.75) is 45.4 Å². The van der Waals surface area contributed by atoms with Crippen LogP contribution in [0.2, 0.25) is 0 Å². The second kappa shape index (κ2) is 5.26. The van der Waals surface area contributed by atoms with Gasteiger partial charge in [0, 0.05) is 48.5 Å². The van der Waals surface area contributed by atoms with E-state index in [2.05, 4.69) is 38.2 Å². The Bertz CT molecular complexity index is 828. The van der Waals surface area contributed by atoms with Crippen LogP contribution >= 0.6 is 0 Å². The van der Waals surface area contributed by atoms with Gasteiger partial charge in [-0.3, -0.25) is 4.79 Å². The fourth-order valence-corrected chi connectivity index (χ4v) is 3.51. The normalized spacial score (nSPS) is 17.0. The topological polar surface area (TPSA) is 71.0 Å². The SMILES string of the molecule is CCc1cc(N2CC3(CC3)c3cnc(NC(C)=O)cc32)nc(C)n1. The molecule has 1 saturated carbocycles. The lowest BCUT2D eigenvalue weighted by Crippen LogP contribution is -2.21. The van der Waals surface area contributed by atoms with E-state index in [-0.39, 0.29) is 11.3 Å². The second-order valence-corrected chi connectivity index (χ2v) is 6.75. The van der Waals surface area contributed by atoms with Crippen molar-refractivity contribution in [3.63, 3.8) is 0 Å². The van der Waals surface area contributed by atoms with E-state index in [1.807, 2.05) is 19.2 Å². The lowest BCUT2D eigenvalue weighted by atomic mass is 10.0. The van der Waals surface area contributed by atoms with Gasteiger partial charge >= 0.3 is 0 Å². The molecule has 6 heteroatoms. The summed E-state index contributed by atoms with van der Waals surface area (Å²) >= 11 is 0. The molecule has 1 amide bonds. The van der Waals surface area contributed by atoms with Gasteiger partial charge in [0.25, 0.3) is 0 Å². The lowest BCUT2D eigenvalue weighted by Gasteiger charge is -2.20. The number of aryl methyl sites for hydroxylation is 2. The Morgan fingerprint density at radius 3 is 2.79 bits per heavy atom. The minimum atomic E-state index is -0.112. The molecular weight excluding hydrogens is 302 g/mol. The molecule has 24 heavy (non-hydrogen) atoms. The van der Waals surface area contributed by atoms with Crippen LogP contribution in [-0.2, 0) is 16.6 Å². The van der Waals surface area contributed by atoms with E-state index >= 15 is 0 Å². The fourth-order valence-electron chi connectivity index (χ4n) is 3.51. The maximum Gasteiger partial charge on any atom is 0.222 e. The van der Waals surface area contributed by atoms with Crippen molar-refractivity contribution in [1.82, 2.24) is 15.0 Å². The van der Waals surface area contributed by atoms with E-state index in [1.54, 1.807) is 0 Å². The number of nitrogens with zero attached hydrogens (tertiary/aromatic N) is 4. The first-order chi connectivity index (χ1) is 11.5. The smallest absolute Gasteiger partial charge is 0.222 e. The summed E-state index contributed by atoms with van der Waals surface area (Å²) in [5, 5.41) is 2.78. The third-order valence-electron chi connectivity index (χ3n) is 4.88. The number of pyridine rings is 1. The monoisotopic (exact) mass is 323 g/mol. The summed E-state index contributed by atoms with van der Waals surface area (Å²) < 4.78 is 0. The molecule has 0 atom stereocenters. The first-order valence-electron chi connectivity index (χ1n) is 8.41. The Labute approximate surface area is 141 Å². The van der Waals surface area contributed by atoms with Gasteiger partial charge in [0.15, 0.2) is 0 Å². The van der Waals surface area contributed by atoms with E-state index in [0.717, 1.165) is 36.0 Å². The van der Waals surface area contributed by atoms with Crippen LogP contribution in [0.25, 0.3) is 0 Å². The first kappa shape index (κ1) is 15.1. The fraction of sp³-hybridized carbons (Fsp3) is 0.444. The molecular formula is C18H21N5O. The summed E-state index contributed by atoms with van der Waals surface area (Å²) in [5.41, 5.74) is 3.63. The average Bonchev–Trinajstić information content (AvgIpc) is 3.24. The largest absolute Gasteiger partial charge is 0.325 e. The highest BCUT2D eigenvalue weighted by atomic mass is 16.1. The molecule has 1 fully saturated rings. The molecule has 0 saturated heterocycles. The summed E-state index contributed by atoms with van der Waals surface area (Å²) in [4.78, 5) is 27.1. The van der Waals surface area contributed by atoms with Gasteiger partial charge < -0.3 is 10.2 Å². The van der Waals surface area contributed by atoms with Crippen LogP contribution in [-0.4, -0.2) is 27.4 Å². The van der Waals surface area contributed by atoms with Crippen LogP contribution in [0.3, 0.4) is 0 Å². The summed E-state index contributed by atoms with van der Waals surface area (Å²) in [7, 11) is 0. The average molecular weight is 323 g/mol. The van der Waals surface area contributed by atoms with E-state index in [9.17, 15) is 4.79 Å². The van der Waals surface area contributed by atoms with Crippen molar-refractivity contribution in [1.29, 1.82) is 0 Å². The number of nitrogens with one attached hydrogen (secondary N) is 1. The van der Waals surface area contributed by atoms with Crippen LogP contribution in [0.5, 0.6) is 0 Å². The molecule has 1 N–H and O–H groups in total. The third kappa shape index (κ3) is 2.42. The van der Waals surface area contributed by atoms with E-state index in [4.69, 9.17) is 0 Å². The standard InChI is InChI=1S/C18H21N5O/c1-4-13-7-17(21-11(2)20-13)23-10-18(5-6-18)14-9-19-16(8-15(14)23)22-12(3)24/h7-9H,4-6,10H2,1-3H3,(H,19,22,24). The molecule has 2 aliphatic rings. The van der Waals surface area contributed by atoms with Crippen LogP contribution < -0.4 is 10.2 Å². The van der Waals surface area contributed by atoms with Crippen molar-refractivity contribution in [2.24, 2.45) is 0 Å². The van der Waals surface area contributed by atoms with Crippen molar-refractivity contribution in [2.75, 3.05) is 16.8 Å². The van der Waals surface area contributed by atoms with Crippen LogP contribution in [0.1, 0.15) is 43.8 Å². The number of amides is 1. The summed E-state index contributed by atoms with van der Waals surface area (Å²) in [5.74, 6) is 2.20. The number of hydrogen-bond acceptors (Lipinski definition) is 5. The van der Waals surface area contributed by atoms with E-state index in [0.29, 0.717) is 5.82 Å². The number of carbonyl (C=O) groups is 1. The van der Waals surface area contributed by atoms with Gasteiger partial charge in [-0.05, 0) is 26.2 Å². The molecule has 3 heterocycles. The Kier molecular flexibility index (Phi) is 3.30. The van der Waals surface area contributed by atoms with Crippen molar-refractivity contribution in [3.05, 3.63) is 35.4 Å². The number of aromatic nitrogens is 3. The molecule has 1 aliphatic carbocycles. The highest BCUT2D eigenvalue weighted by Gasteiger charge is 2.52. The number of fused-ring (bicyclic) bond motifs is 2. The Morgan fingerprint density at radius 2 is 2.12 bits per heavy atom. The Balaban J connectivity index is 1.79. The molecule has 1 spiro atoms. The Hall–Kier alpha value is -2.50. The zero-order valence-electron chi connectivity index (χ0n) is 14.3. The van der Waals surface area contributed by atoms with Crippen molar-refractivity contribution < 1.29 is 4.79 Å². The molecule has 2 aromatic heterocycles. The van der Waals surface area contributed by atoms with Gasteiger partial charge in [-0.25, -0.2) is 15.0 Å². The van der Waals surface area contributed by atoms with Gasteiger partial charge in [0.1, 0.15) is 17.5 Å². The zero-order valence-corrected chi connectivity index (χ0v) is 14.3. The minimum absolute atomic E-state index is 0.112. The van der Waals surface area contributed by atoms with Crippen LogP contribution in [0.4, 0.5) is 17.3 Å². The molecule has 4 rings (SSSR count). The second-order valence-electron chi connectivity index (χ2n) is 6.75. The molecule has 0 bridgehead atoms. The number of anilines is 3. The van der Waals surface area contributed by atoms with Gasteiger partial charge in [-0.1, -0.05) is 6.92 Å². The highest BCUT2D eigenvalue weighted by Crippen LogP contribution is 2.57. The molecule has 0 aromatic carbocycles. The number of rotatable bonds is 3. The van der Waals surface area contributed by atoms with Crippen molar-refractivity contribution >= 4 is 23.2 Å². The summed E-state index contributed by atoms with van der Waals surface area (Å²) in [6.45, 7) is 6.45. The summed E-state index contributed by atoms with van der Waals surface area (Å²) in [6.07, 6.45) is 5.17. The molecule has 2 aromatic rings. The molecule has 6 nitrogen and oxygen atoms in total. The number of hydrogen-bond donors (Lipinski definition) is 1. The van der Waals surface area contributed by atoms with Gasteiger partial charge in [-0.15, -0.1) is 0 Å². The minimum Gasteiger partial charge on any atom is -0.325 e. The van der Waals surface area contributed by atoms with E-state index < -0.39 is 0 Å². The molecule has 1 aliphatic heterocycles. The summed E-state index contributed by atoms with van der Waals surface area (Å²) in [6, 6.07) is 4.03. The maximum atomic E-state index is 11.3. The van der Waals surface area contributed by atoms with Gasteiger partial charge in [0.05, 0.1) is 5.69 Å². The maximum absolute atomic E-state index is 11.3. The van der Waals surface area contributed by atoms with E-state index in [1.165, 1.54) is 25.3 Å². The molecule has 0 radical (unpaired) electrons. The lowest BCUT2D eigenvalue weighted by molar-refractivity contribution is -0.114. The highest BCUT2D eigenvalue weighted by molar-refractivity contribution is 5.89. The van der Waals surface area contributed by atoms with Crippen LogP contribution in [0, 0.1) is 6.92 Å². The third-order valence-corrected chi connectivity index (χ3v) is 4.88. The van der Waals surface area contributed by atoms with Crippen molar-refractivity contribution in [3.8, 4) is 0 Å². The predicted molar refractivity (Wildman–Crippen MR) is 92.6 cm³/mol. The molecule has 0 unspecified atom stereocenters. The first-order valence-corrected chi connectivity index (χ1v) is 8.41. The van der Waals surface area contributed by atoms with Gasteiger partial charge in [-0.2, -0.15) is 0 Å². The zero-order chi connectivity index (χ0) is 16.9. The number of carbonyl (C=O) groups excluding carboxylic acids is 1. The molecule has 124 valence electrons. The van der Waals surface area contributed by atoms with Crippen LogP contribution in [0.15, 0.2) is 18.3 Å². The quantitative estimate of drug-likeness (QED) is 0.940. The Morgan fingerprint density at radius 1 is 1.33 bits per heavy atom. The predicted octanol–water partition coefficient (Wildman–Crippen LogP) is 2.88.